The molecule has 0 radical (unpaired) electrons. The van der Waals surface area contributed by atoms with Gasteiger partial charge in [-0.3, -0.25) is 4.79 Å². The van der Waals surface area contributed by atoms with E-state index in [2.05, 4.69) is 31.3 Å². The molecule has 0 aliphatic carbocycles. The fourth-order valence-electron chi connectivity index (χ4n) is 10.5. The third-order valence-corrected chi connectivity index (χ3v) is 15.6. The van der Waals surface area contributed by atoms with E-state index in [1.807, 2.05) is 6.08 Å². The third-order valence-electron chi connectivity index (χ3n) is 15.6. The number of allylic oxidation sites excluding steroid dienone is 3. The van der Waals surface area contributed by atoms with Gasteiger partial charge in [0.1, 0.15) is 48.8 Å². The van der Waals surface area contributed by atoms with Gasteiger partial charge in [-0.25, -0.2) is 0 Å². The Morgan fingerprint density at radius 3 is 1.29 bits per heavy atom. The Morgan fingerprint density at radius 2 is 0.842 bits per heavy atom. The van der Waals surface area contributed by atoms with Crippen LogP contribution in [0.25, 0.3) is 0 Å². The summed E-state index contributed by atoms with van der Waals surface area (Å²) in [5.74, 6) is -0.244. The molecule has 0 aromatic heterocycles. The van der Waals surface area contributed by atoms with E-state index in [0.717, 1.165) is 32.1 Å². The van der Waals surface area contributed by atoms with Gasteiger partial charge in [0.25, 0.3) is 0 Å². The highest BCUT2D eigenvalue weighted by Gasteiger charge is 2.51. The lowest BCUT2D eigenvalue weighted by Gasteiger charge is -2.46. The molecule has 14 heteroatoms. The molecule has 2 rings (SSSR count). The number of aliphatic hydroxyl groups is 8. The molecule has 2 heterocycles. The van der Waals surface area contributed by atoms with E-state index in [-0.39, 0.29) is 18.9 Å². The molecule has 0 bridgehead atoms. The first-order chi connectivity index (χ1) is 37.1. The van der Waals surface area contributed by atoms with E-state index >= 15 is 0 Å². The zero-order chi connectivity index (χ0) is 55.3. The van der Waals surface area contributed by atoms with Crippen molar-refractivity contribution in [1.29, 1.82) is 0 Å². The molecule has 0 aromatic carbocycles. The van der Waals surface area contributed by atoms with Crippen molar-refractivity contribution in [3.63, 3.8) is 0 Å². The van der Waals surface area contributed by atoms with Crippen molar-refractivity contribution in [3.05, 3.63) is 24.3 Å². The van der Waals surface area contributed by atoms with Crippen LogP contribution in [0.3, 0.4) is 0 Å². The number of ether oxygens (including phenoxy) is 4. The molecule has 2 saturated heterocycles. The number of unbranched alkanes of at least 4 members (excludes halogenated alkanes) is 36. The zero-order valence-corrected chi connectivity index (χ0v) is 48.3. The van der Waals surface area contributed by atoms with Gasteiger partial charge in [-0.15, -0.1) is 0 Å². The van der Waals surface area contributed by atoms with Crippen molar-refractivity contribution in [1.82, 2.24) is 5.32 Å². The second-order valence-corrected chi connectivity index (χ2v) is 22.5. The minimum Gasteiger partial charge on any atom is -0.394 e. The van der Waals surface area contributed by atoms with Gasteiger partial charge >= 0.3 is 0 Å². The van der Waals surface area contributed by atoms with Gasteiger partial charge in [-0.2, -0.15) is 0 Å². The average molecular weight is 1080 g/mol. The number of hydrogen-bond acceptors (Lipinski definition) is 13. The first kappa shape index (κ1) is 70.6. The van der Waals surface area contributed by atoms with E-state index in [1.54, 1.807) is 6.08 Å². The molecule has 448 valence electrons. The SMILES string of the molecule is CCCCCCCCCCCCCCCCCCCC/C=C/CC/C=C/C(O)C(COC1OC(CO)C(OC2OC(CO)C(O)C(O)C2O)C(O)C1O)NC(=O)CCCCCCCCCCCCCCCCCCCC. The largest absolute Gasteiger partial charge is 0.394 e. The summed E-state index contributed by atoms with van der Waals surface area (Å²) >= 11 is 0. The molecule has 2 aliphatic heterocycles. The number of carbonyl (C=O) groups is 1. The van der Waals surface area contributed by atoms with E-state index in [1.165, 1.54) is 205 Å². The van der Waals surface area contributed by atoms with Crippen LogP contribution in [-0.4, -0.2) is 140 Å². The third kappa shape index (κ3) is 33.3. The van der Waals surface area contributed by atoms with Crippen LogP contribution in [0.5, 0.6) is 0 Å². The molecule has 0 saturated carbocycles. The number of carbonyl (C=O) groups excluding carboxylic acids is 1. The summed E-state index contributed by atoms with van der Waals surface area (Å²) in [6, 6.07) is -0.928. The van der Waals surface area contributed by atoms with Crippen molar-refractivity contribution in [2.45, 2.75) is 344 Å². The van der Waals surface area contributed by atoms with Gasteiger partial charge in [-0.05, 0) is 32.1 Å². The van der Waals surface area contributed by atoms with Gasteiger partial charge in [-0.1, -0.05) is 256 Å². The van der Waals surface area contributed by atoms with Crippen LogP contribution in [0.15, 0.2) is 24.3 Å². The van der Waals surface area contributed by atoms with E-state index in [4.69, 9.17) is 18.9 Å². The van der Waals surface area contributed by atoms with Crippen LogP contribution < -0.4 is 5.32 Å². The van der Waals surface area contributed by atoms with E-state index < -0.39 is 86.8 Å². The van der Waals surface area contributed by atoms with E-state index in [0.29, 0.717) is 12.8 Å². The summed E-state index contributed by atoms with van der Waals surface area (Å²) in [6.07, 6.45) is 40.8. The minimum atomic E-state index is -1.79. The summed E-state index contributed by atoms with van der Waals surface area (Å²) in [6.45, 7) is 2.82. The summed E-state index contributed by atoms with van der Waals surface area (Å²) < 4.78 is 22.8. The molecular weight excluding hydrogens is 967 g/mol. The van der Waals surface area contributed by atoms with Crippen molar-refractivity contribution in [3.8, 4) is 0 Å². The highest BCUT2D eigenvalue weighted by Crippen LogP contribution is 2.30. The fourth-order valence-corrected chi connectivity index (χ4v) is 10.5. The first-order valence-corrected chi connectivity index (χ1v) is 31.6. The van der Waals surface area contributed by atoms with Crippen LogP contribution in [0, 0.1) is 0 Å². The van der Waals surface area contributed by atoms with Crippen molar-refractivity contribution < 1.29 is 64.6 Å². The highest BCUT2D eigenvalue weighted by atomic mass is 16.7. The average Bonchev–Trinajstić information content (AvgIpc) is 3.42. The van der Waals surface area contributed by atoms with Gasteiger partial charge < -0.3 is 65.1 Å². The predicted octanol–water partition coefficient (Wildman–Crippen LogP) is 11.2. The number of hydrogen-bond donors (Lipinski definition) is 9. The Balaban J connectivity index is 1.75. The fraction of sp³-hybridized carbons (Fsp3) is 0.919. The molecule has 12 unspecified atom stereocenters. The highest BCUT2D eigenvalue weighted by molar-refractivity contribution is 5.76. The van der Waals surface area contributed by atoms with Gasteiger partial charge in [0.2, 0.25) is 5.91 Å². The molecule has 12 atom stereocenters. The van der Waals surface area contributed by atoms with E-state index in [9.17, 15) is 45.6 Å². The van der Waals surface area contributed by atoms with Crippen LogP contribution in [0.4, 0.5) is 0 Å². The van der Waals surface area contributed by atoms with Crippen LogP contribution >= 0.6 is 0 Å². The van der Waals surface area contributed by atoms with Gasteiger partial charge in [0.15, 0.2) is 12.6 Å². The number of nitrogens with one attached hydrogen (secondary N) is 1. The predicted molar refractivity (Wildman–Crippen MR) is 305 cm³/mol. The normalized spacial score (nSPS) is 25.0. The molecule has 2 fully saturated rings. The topological polar surface area (TPSA) is 228 Å². The lowest BCUT2D eigenvalue weighted by molar-refractivity contribution is -0.359. The monoisotopic (exact) mass is 1080 g/mol. The zero-order valence-electron chi connectivity index (χ0n) is 48.3. The summed E-state index contributed by atoms with van der Waals surface area (Å²) in [5.41, 5.74) is 0. The number of amides is 1. The molecule has 1 amide bonds. The molecule has 14 nitrogen and oxygen atoms in total. The van der Waals surface area contributed by atoms with Crippen molar-refractivity contribution in [2.75, 3.05) is 19.8 Å². The Bertz CT molecular complexity index is 1370. The summed E-state index contributed by atoms with van der Waals surface area (Å²) in [5, 5.41) is 87.2. The molecular formula is C62H117NO13. The van der Waals surface area contributed by atoms with Crippen LogP contribution in [0.2, 0.25) is 0 Å². The van der Waals surface area contributed by atoms with Crippen LogP contribution in [-0.2, 0) is 23.7 Å². The van der Waals surface area contributed by atoms with Crippen LogP contribution in [0.1, 0.15) is 271 Å². The smallest absolute Gasteiger partial charge is 0.220 e. The molecule has 76 heavy (non-hydrogen) atoms. The lowest BCUT2D eigenvalue weighted by Crippen LogP contribution is -2.65. The van der Waals surface area contributed by atoms with Gasteiger partial charge in [0, 0.05) is 6.42 Å². The molecule has 2 aliphatic rings. The quantitative estimate of drug-likeness (QED) is 0.0204. The Morgan fingerprint density at radius 1 is 0.461 bits per heavy atom. The Labute approximate surface area is 462 Å². The minimum absolute atomic E-state index is 0.244. The lowest BCUT2D eigenvalue weighted by atomic mass is 9.97. The molecule has 0 aromatic rings. The van der Waals surface area contributed by atoms with Crippen molar-refractivity contribution >= 4 is 5.91 Å². The maximum Gasteiger partial charge on any atom is 0.220 e. The second-order valence-electron chi connectivity index (χ2n) is 22.5. The number of rotatable bonds is 51. The molecule has 0 spiro atoms. The maximum atomic E-state index is 13.3. The Kier molecular flexibility index (Phi) is 44.8. The number of aliphatic hydroxyl groups excluding tert-OH is 8. The second kappa shape index (κ2) is 48.2. The van der Waals surface area contributed by atoms with Crippen molar-refractivity contribution in [2.24, 2.45) is 0 Å². The molecule has 9 N–H and O–H groups in total. The first-order valence-electron chi connectivity index (χ1n) is 31.6. The Hall–Kier alpha value is -1.53. The van der Waals surface area contributed by atoms with Gasteiger partial charge in [0.05, 0.1) is 32.0 Å². The standard InChI is InChI=1S/C62H117NO13/c1-3-5-7-9-11-13-15-17-19-21-23-24-25-26-27-28-29-31-33-35-37-39-41-43-45-51(66)50(63-54(67)46-44-42-40-38-36-34-32-30-22-20-18-16-14-12-10-8-6-4-2)49-73-61-59(72)57(70)60(53(48-65)75-61)76-62-58(71)56(69)55(68)52(47-64)74-62/h35,37,43,45,50-53,55-62,64-66,68-72H,3-34,36,38-42,44,46-49H2,1-2H3,(H,63,67)/b37-35+,45-43+. The summed E-state index contributed by atoms with van der Waals surface area (Å²) in [4.78, 5) is 13.3. The maximum absolute atomic E-state index is 13.3. The summed E-state index contributed by atoms with van der Waals surface area (Å²) in [7, 11) is 0.